The Bertz CT molecular complexity index is 502. The minimum absolute atomic E-state index is 0.0647. The molecule has 1 unspecified atom stereocenters. The lowest BCUT2D eigenvalue weighted by Crippen LogP contribution is -2.11. The second-order valence-corrected chi connectivity index (χ2v) is 4.16. The lowest BCUT2D eigenvalue weighted by Gasteiger charge is -2.16. The summed E-state index contributed by atoms with van der Waals surface area (Å²) in [6.07, 6.45) is 2.84. The SMILES string of the molecule is C=CC(CC)Oc1ccccc1-c1ccccc1. The average Bonchev–Trinajstić information content (AvgIpc) is 2.46. The molecule has 2 aromatic carbocycles. The molecule has 0 spiro atoms. The molecule has 0 aliphatic rings. The largest absolute Gasteiger partial charge is 0.486 e. The molecule has 0 amide bonds. The van der Waals surface area contributed by atoms with Gasteiger partial charge in [-0.25, -0.2) is 0 Å². The van der Waals surface area contributed by atoms with Crippen molar-refractivity contribution < 1.29 is 4.74 Å². The van der Waals surface area contributed by atoms with E-state index in [4.69, 9.17) is 4.74 Å². The third-order valence-corrected chi connectivity index (χ3v) is 2.92. The highest BCUT2D eigenvalue weighted by molar-refractivity contribution is 5.70. The number of hydrogen-bond acceptors (Lipinski definition) is 1. The van der Waals surface area contributed by atoms with Crippen LogP contribution in [0.25, 0.3) is 11.1 Å². The Morgan fingerprint density at radius 3 is 2.39 bits per heavy atom. The van der Waals surface area contributed by atoms with Crippen molar-refractivity contribution >= 4 is 0 Å². The average molecular weight is 238 g/mol. The van der Waals surface area contributed by atoms with Crippen molar-refractivity contribution in [3.8, 4) is 16.9 Å². The Morgan fingerprint density at radius 2 is 1.72 bits per heavy atom. The monoisotopic (exact) mass is 238 g/mol. The summed E-state index contributed by atoms with van der Waals surface area (Å²) in [6.45, 7) is 5.90. The van der Waals surface area contributed by atoms with Gasteiger partial charge in [-0.1, -0.05) is 68.1 Å². The van der Waals surface area contributed by atoms with Crippen LogP contribution in [-0.2, 0) is 0 Å². The van der Waals surface area contributed by atoms with Crippen molar-refractivity contribution in [3.63, 3.8) is 0 Å². The van der Waals surface area contributed by atoms with Gasteiger partial charge in [-0.2, -0.15) is 0 Å². The maximum Gasteiger partial charge on any atom is 0.128 e. The van der Waals surface area contributed by atoms with E-state index in [1.807, 2.05) is 42.5 Å². The molecule has 0 saturated heterocycles. The van der Waals surface area contributed by atoms with Crippen molar-refractivity contribution in [3.05, 3.63) is 67.3 Å². The van der Waals surface area contributed by atoms with Crippen LogP contribution in [0.3, 0.4) is 0 Å². The smallest absolute Gasteiger partial charge is 0.128 e. The standard InChI is InChI=1S/C17H18O/c1-3-15(4-2)18-17-13-9-8-12-16(17)14-10-6-5-7-11-14/h3,5-13,15H,1,4H2,2H3. The van der Waals surface area contributed by atoms with Gasteiger partial charge in [0.25, 0.3) is 0 Å². The molecule has 0 radical (unpaired) electrons. The van der Waals surface area contributed by atoms with Gasteiger partial charge in [0.15, 0.2) is 0 Å². The predicted octanol–water partition coefficient (Wildman–Crippen LogP) is 4.70. The first-order valence-electron chi connectivity index (χ1n) is 6.28. The van der Waals surface area contributed by atoms with Crippen LogP contribution in [0.5, 0.6) is 5.75 Å². The molecule has 0 aliphatic heterocycles. The summed E-state index contributed by atoms with van der Waals surface area (Å²) in [4.78, 5) is 0. The summed E-state index contributed by atoms with van der Waals surface area (Å²) in [5, 5.41) is 0. The normalized spacial score (nSPS) is 11.8. The first-order valence-corrected chi connectivity index (χ1v) is 6.28. The highest BCUT2D eigenvalue weighted by Crippen LogP contribution is 2.30. The first-order chi connectivity index (χ1) is 8.85. The van der Waals surface area contributed by atoms with Crippen molar-refractivity contribution in [1.29, 1.82) is 0 Å². The van der Waals surface area contributed by atoms with Crippen LogP contribution in [0.15, 0.2) is 67.3 Å². The van der Waals surface area contributed by atoms with Gasteiger partial charge in [0.1, 0.15) is 11.9 Å². The highest BCUT2D eigenvalue weighted by atomic mass is 16.5. The molecule has 0 fully saturated rings. The molecule has 1 nitrogen and oxygen atoms in total. The summed E-state index contributed by atoms with van der Waals surface area (Å²) in [5.41, 5.74) is 2.30. The maximum absolute atomic E-state index is 5.98. The van der Waals surface area contributed by atoms with Gasteiger partial charge < -0.3 is 4.74 Å². The summed E-state index contributed by atoms with van der Waals surface area (Å²) >= 11 is 0. The second-order valence-electron chi connectivity index (χ2n) is 4.16. The first kappa shape index (κ1) is 12.4. The zero-order valence-electron chi connectivity index (χ0n) is 10.7. The topological polar surface area (TPSA) is 9.23 Å². The van der Waals surface area contributed by atoms with Crippen molar-refractivity contribution in [1.82, 2.24) is 0 Å². The van der Waals surface area contributed by atoms with Gasteiger partial charge in [-0.3, -0.25) is 0 Å². The van der Waals surface area contributed by atoms with E-state index in [1.165, 1.54) is 5.56 Å². The third kappa shape index (κ3) is 2.80. The lowest BCUT2D eigenvalue weighted by atomic mass is 10.0. The van der Waals surface area contributed by atoms with E-state index >= 15 is 0 Å². The molecule has 0 bridgehead atoms. The highest BCUT2D eigenvalue weighted by Gasteiger charge is 2.08. The molecule has 0 aliphatic carbocycles. The van der Waals surface area contributed by atoms with Crippen molar-refractivity contribution in [2.75, 3.05) is 0 Å². The third-order valence-electron chi connectivity index (χ3n) is 2.92. The molecule has 0 aromatic heterocycles. The van der Waals surface area contributed by atoms with E-state index in [9.17, 15) is 0 Å². The molecule has 92 valence electrons. The summed E-state index contributed by atoms with van der Waals surface area (Å²) < 4.78 is 5.98. The minimum atomic E-state index is 0.0647. The van der Waals surface area contributed by atoms with E-state index in [-0.39, 0.29) is 6.10 Å². The molecule has 18 heavy (non-hydrogen) atoms. The predicted molar refractivity (Wildman–Crippen MR) is 76.8 cm³/mol. The van der Waals surface area contributed by atoms with E-state index in [2.05, 4.69) is 31.7 Å². The second kappa shape index (κ2) is 6.06. The number of rotatable bonds is 5. The Balaban J connectivity index is 2.34. The van der Waals surface area contributed by atoms with Gasteiger partial charge in [0, 0.05) is 5.56 Å². The molecule has 2 aromatic rings. The fourth-order valence-corrected chi connectivity index (χ4v) is 1.89. The maximum atomic E-state index is 5.98. The molecule has 1 heteroatoms. The van der Waals surface area contributed by atoms with Crippen LogP contribution >= 0.6 is 0 Å². The lowest BCUT2D eigenvalue weighted by molar-refractivity contribution is 0.246. The molecule has 0 heterocycles. The van der Waals surface area contributed by atoms with Crippen LogP contribution in [0.4, 0.5) is 0 Å². The minimum Gasteiger partial charge on any atom is -0.486 e. The Hall–Kier alpha value is -2.02. The van der Waals surface area contributed by atoms with Gasteiger partial charge in [0.2, 0.25) is 0 Å². The van der Waals surface area contributed by atoms with E-state index in [0.717, 1.165) is 17.7 Å². The zero-order valence-corrected chi connectivity index (χ0v) is 10.7. The van der Waals surface area contributed by atoms with Crippen LogP contribution in [0, 0.1) is 0 Å². The fraction of sp³-hybridized carbons (Fsp3) is 0.176. The van der Waals surface area contributed by atoms with Gasteiger partial charge in [-0.15, -0.1) is 0 Å². The van der Waals surface area contributed by atoms with Gasteiger partial charge in [0.05, 0.1) is 0 Å². The van der Waals surface area contributed by atoms with Crippen LogP contribution in [0.2, 0.25) is 0 Å². The zero-order chi connectivity index (χ0) is 12.8. The molecular formula is C17H18O. The quantitative estimate of drug-likeness (QED) is 0.686. The Kier molecular flexibility index (Phi) is 4.19. The summed E-state index contributed by atoms with van der Waals surface area (Å²) in [7, 11) is 0. The summed E-state index contributed by atoms with van der Waals surface area (Å²) in [6, 6.07) is 18.4. The van der Waals surface area contributed by atoms with Crippen molar-refractivity contribution in [2.24, 2.45) is 0 Å². The summed E-state index contributed by atoms with van der Waals surface area (Å²) in [5.74, 6) is 0.912. The Labute approximate surface area is 109 Å². The molecule has 2 rings (SSSR count). The molecular weight excluding hydrogens is 220 g/mol. The molecule has 0 saturated carbocycles. The van der Waals surface area contributed by atoms with E-state index < -0.39 is 0 Å². The van der Waals surface area contributed by atoms with Gasteiger partial charge >= 0.3 is 0 Å². The van der Waals surface area contributed by atoms with Gasteiger partial charge in [-0.05, 0) is 18.1 Å². The Morgan fingerprint density at radius 1 is 1.06 bits per heavy atom. The number of ether oxygens (including phenoxy) is 1. The van der Waals surface area contributed by atoms with E-state index in [1.54, 1.807) is 0 Å². The van der Waals surface area contributed by atoms with Crippen molar-refractivity contribution in [2.45, 2.75) is 19.4 Å². The number of hydrogen-bond donors (Lipinski definition) is 0. The van der Waals surface area contributed by atoms with Crippen LogP contribution < -0.4 is 4.74 Å². The fourth-order valence-electron chi connectivity index (χ4n) is 1.89. The molecule has 1 atom stereocenters. The van der Waals surface area contributed by atoms with E-state index in [0.29, 0.717) is 0 Å². The van der Waals surface area contributed by atoms with Crippen LogP contribution in [0.1, 0.15) is 13.3 Å². The molecule has 0 N–H and O–H groups in total. The number of para-hydroxylation sites is 1. The number of benzene rings is 2. The van der Waals surface area contributed by atoms with Crippen LogP contribution in [-0.4, -0.2) is 6.10 Å².